The molecule has 4 heteroatoms. The average Bonchev–Trinajstić information content (AvgIpc) is 2.62. The summed E-state index contributed by atoms with van der Waals surface area (Å²) in [5, 5.41) is 1.02. The van der Waals surface area contributed by atoms with Gasteiger partial charge in [0.25, 0.3) is 0 Å². The Morgan fingerprint density at radius 1 is 0.913 bits per heavy atom. The minimum atomic E-state index is 0.726. The Kier molecular flexibility index (Phi) is 4.42. The van der Waals surface area contributed by atoms with Gasteiger partial charge in [-0.3, -0.25) is 0 Å². The Bertz CT molecular complexity index is 798. The van der Waals surface area contributed by atoms with E-state index < -0.39 is 0 Å². The van der Waals surface area contributed by atoms with Gasteiger partial charge in [-0.1, -0.05) is 36.4 Å². The zero-order valence-electron chi connectivity index (χ0n) is 13.8. The molecule has 0 amide bonds. The summed E-state index contributed by atoms with van der Waals surface area (Å²) in [6, 6.07) is 16.0. The van der Waals surface area contributed by atoms with Gasteiger partial charge in [-0.2, -0.15) is 0 Å². The van der Waals surface area contributed by atoms with Gasteiger partial charge in [-0.05, 0) is 26.0 Å². The number of methoxy groups -OCH3 is 1. The number of fused-ring (bicyclic) bond motifs is 1. The van der Waals surface area contributed by atoms with Crippen molar-refractivity contribution in [2.75, 3.05) is 25.1 Å². The largest absolute Gasteiger partial charge is 0.494 e. The molecule has 3 rings (SSSR count). The predicted octanol–water partition coefficient (Wildman–Crippen LogP) is 4.15. The first-order valence-electron chi connectivity index (χ1n) is 7.93. The standard InChI is InChI=1S/C19H21N3O/c1-4-22(5-2)19-15-12-9-13-16(23-3)17(15)20-18(21-19)14-10-7-6-8-11-14/h6-13H,4-5H2,1-3H3. The molecule has 0 spiro atoms. The van der Waals surface area contributed by atoms with Crippen LogP contribution in [0.5, 0.6) is 5.75 Å². The van der Waals surface area contributed by atoms with E-state index in [1.54, 1.807) is 7.11 Å². The van der Waals surface area contributed by atoms with Gasteiger partial charge < -0.3 is 9.64 Å². The smallest absolute Gasteiger partial charge is 0.162 e. The van der Waals surface area contributed by atoms with Gasteiger partial charge in [-0.25, -0.2) is 9.97 Å². The van der Waals surface area contributed by atoms with E-state index in [1.165, 1.54) is 0 Å². The van der Waals surface area contributed by atoms with Crippen molar-refractivity contribution in [2.24, 2.45) is 0 Å². The van der Waals surface area contributed by atoms with Gasteiger partial charge in [0.15, 0.2) is 5.82 Å². The topological polar surface area (TPSA) is 38.2 Å². The number of aromatic nitrogens is 2. The Labute approximate surface area is 136 Å². The maximum Gasteiger partial charge on any atom is 0.162 e. The molecule has 0 N–H and O–H groups in total. The van der Waals surface area contributed by atoms with Crippen LogP contribution in [-0.2, 0) is 0 Å². The Balaban J connectivity index is 2.31. The van der Waals surface area contributed by atoms with E-state index in [2.05, 4.69) is 24.8 Å². The third-order valence-corrected chi connectivity index (χ3v) is 3.98. The van der Waals surface area contributed by atoms with Crippen molar-refractivity contribution in [3.8, 4) is 17.1 Å². The summed E-state index contributed by atoms with van der Waals surface area (Å²) in [6.45, 7) is 6.07. The summed E-state index contributed by atoms with van der Waals surface area (Å²) < 4.78 is 5.51. The first-order valence-corrected chi connectivity index (χ1v) is 7.93. The maximum atomic E-state index is 5.51. The number of hydrogen-bond acceptors (Lipinski definition) is 4. The van der Waals surface area contributed by atoms with E-state index in [0.29, 0.717) is 0 Å². The van der Waals surface area contributed by atoms with Crippen LogP contribution in [0, 0.1) is 0 Å². The third-order valence-electron chi connectivity index (χ3n) is 3.98. The number of rotatable bonds is 5. The summed E-state index contributed by atoms with van der Waals surface area (Å²) in [5.74, 6) is 2.46. The van der Waals surface area contributed by atoms with Gasteiger partial charge in [0.2, 0.25) is 0 Å². The molecule has 0 saturated carbocycles. The molecule has 0 radical (unpaired) electrons. The number of benzene rings is 2. The van der Waals surface area contributed by atoms with Crippen molar-refractivity contribution in [2.45, 2.75) is 13.8 Å². The third kappa shape index (κ3) is 2.84. The minimum Gasteiger partial charge on any atom is -0.494 e. The van der Waals surface area contributed by atoms with Crippen LogP contribution < -0.4 is 9.64 Å². The Hall–Kier alpha value is -2.62. The van der Waals surface area contributed by atoms with Crippen LogP contribution in [0.1, 0.15) is 13.8 Å². The van der Waals surface area contributed by atoms with Crippen LogP contribution in [-0.4, -0.2) is 30.2 Å². The number of para-hydroxylation sites is 1. The number of nitrogens with zero attached hydrogens (tertiary/aromatic N) is 3. The lowest BCUT2D eigenvalue weighted by molar-refractivity contribution is 0.419. The molecule has 0 aliphatic carbocycles. The van der Waals surface area contributed by atoms with Gasteiger partial charge in [0.1, 0.15) is 17.1 Å². The summed E-state index contributed by atoms with van der Waals surface area (Å²) in [7, 11) is 1.68. The number of ether oxygens (including phenoxy) is 1. The van der Waals surface area contributed by atoms with Crippen molar-refractivity contribution < 1.29 is 4.74 Å². The molecule has 4 nitrogen and oxygen atoms in total. The van der Waals surface area contributed by atoms with Gasteiger partial charge >= 0.3 is 0 Å². The fourth-order valence-electron chi connectivity index (χ4n) is 2.75. The average molecular weight is 307 g/mol. The van der Waals surface area contributed by atoms with E-state index >= 15 is 0 Å². The summed E-state index contributed by atoms with van der Waals surface area (Å²) in [4.78, 5) is 11.9. The molecule has 0 aliphatic rings. The second-order valence-electron chi connectivity index (χ2n) is 5.27. The van der Waals surface area contributed by atoms with Crippen molar-refractivity contribution in [1.29, 1.82) is 0 Å². The van der Waals surface area contributed by atoms with E-state index in [9.17, 15) is 0 Å². The van der Waals surface area contributed by atoms with E-state index in [0.717, 1.165) is 46.9 Å². The molecule has 23 heavy (non-hydrogen) atoms. The summed E-state index contributed by atoms with van der Waals surface area (Å²) in [5.41, 5.74) is 1.86. The van der Waals surface area contributed by atoms with Crippen molar-refractivity contribution >= 4 is 16.7 Å². The second kappa shape index (κ2) is 6.65. The van der Waals surface area contributed by atoms with Crippen molar-refractivity contribution in [1.82, 2.24) is 9.97 Å². The minimum absolute atomic E-state index is 0.726. The zero-order valence-corrected chi connectivity index (χ0v) is 13.8. The fourth-order valence-corrected chi connectivity index (χ4v) is 2.75. The molecular weight excluding hydrogens is 286 g/mol. The van der Waals surface area contributed by atoms with Gasteiger partial charge in [0, 0.05) is 24.0 Å². The Morgan fingerprint density at radius 3 is 2.30 bits per heavy atom. The lowest BCUT2D eigenvalue weighted by Crippen LogP contribution is -2.23. The normalized spacial score (nSPS) is 10.7. The lowest BCUT2D eigenvalue weighted by atomic mass is 10.1. The summed E-state index contributed by atoms with van der Waals surface area (Å²) in [6.07, 6.45) is 0. The van der Waals surface area contributed by atoms with Crippen molar-refractivity contribution in [3.63, 3.8) is 0 Å². The summed E-state index contributed by atoms with van der Waals surface area (Å²) >= 11 is 0. The molecule has 0 aliphatic heterocycles. The SMILES string of the molecule is CCN(CC)c1nc(-c2ccccc2)nc2c(OC)cccc12. The molecule has 2 aromatic carbocycles. The van der Waals surface area contributed by atoms with Crippen LogP contribution in [0.3, 0.4) is 0 Å². The molecule has 0 fully saturated rings. The van der Waals surface area contributed by atoms with Crippen LogP contribution in [0.15, 0.2) is 48.5 Å². The molecule has 3 aromatic rings. The first-order chi connectivity index (χ1) is 11.3. The second-order valence-corrected chi connectivity index (χ2v) is 5.27. The van der Waals surface area contributed by atoms with E-state index in [1.807, 2.05) is 42.5 Å². The molecule has 0 atom stereocenters. The van der Waals surface area contributed by atoms with Gasteiger partial charge in [-0.15, -0.1) is 0 Å². The molecule has 1 aromatic heterocycles. The van der Waals surface area contributed by atoms with Crippen LogP contribution in [0.4, 0.5) is 5.82 Å². The van der Waals surface area contributed by atoms with Crippen LogP contribution in [0.2, 0.25) is 0 Å². The number of hydrogen-bond donors (Lipinski definition) is 0. The molecule has 0 saturated heterocycles. The quantitative estimate of drug-likeness (QED) is 0.709. The highest BCUT2D eigenvalue weighted by Gasteiger charge is 2.15. The zero-order chi connectivity index (χ0) is 16.2. The molecule has 0 bridgehead atoms. The molecule has 1 heterocycles. The highest BCUT2D eigenvalue weighted by molar-refractivity contribution is 5.94. The molecule has 0 unspecified atom stereocenters. The van der Waals surface area contributed by atoms with E-state index in [-0.39, 0.29) is 0 Å². The molecule has 118 valence electrons. The van der Waals surface area contributed by atoms with Crippen LogP contribution in [0.25, 0.3) is 22.3 Å². The monoisotopic (exact) mass is 307 g/mol. The highest BCUT2D eigenvalue weighted by Crippen LogP contribution is 2.32. The van der Waals surface area contributed by atoms with Crippen LogP contribution >= 0.6 is 0 Å². The van der Waals surface area contributed by atoms with Crippen molar-refractivity contribution in [3.05, 3.63) is 48.5 Å². The predicted molar refractivity (Wildman–Crippen MR) is 95.1 cm³/mol. The fraction of sp³-hybridized carbons (Fsp3) is 0.263. The lowest BCUT2D eigenvalue weighted by Gasteiger charge is -2.22. The Morgan fingerprint density at radius 2 is 1.65 bits per heavy atom. The van der Waals surface area contributed by atoms with E-state index in [4.69, 9.17) is 14.7 Å². The highest BCUT2D eigenvalue weighted by atomic mass is 16.5. The van der Waals surface area contributed by atoms with Gasteiger partial charge in [0.05, 0.1) is 7.11 Å². The first kappa shape index (κ1) is 15.3. The number of anilines is 1. The maximum absolute atomic E-state index is 5.51. The molecular formula is C19H21N3O.